The molecule has 0 spiro atoms. The van der Waals surface area contributed by atoms with Crippen LogP contribution < -0.4 is 10.1 Å². The molecule has 114 valence electrons. The van der Waals surface area contributed by atoms with Gasteiger partial charge in [0, 0.05) is 30.3 Å². The van der Waals surface area contributed by atoms with Crippen molar-refractivity contribution in [3.63, 3.8) is 0 Å². The van der Waals surface area contributed by atoms with Crippen molar-refractivity contribution in [1.82, 2.24) is 5.32 Å². The molecule has 0 amide bonds. The summed E-state index contributed by atoms with van der Waals surface area (Å²) in [4.78, 5) is 0. The molecule has 0 fully saturated rings. The van der Waals surface area contributed by atoms with E-state index >= 15 is 0 Å². The van der Waals surface area contributed by atoms with Gasteiger partial charge in [0.15, 0.2) is 0 Å². The maximum absolute atomic E-state index is 13.9. The molecule has 0 radical (unpaired) electrons. The highest BCUT2D eigenvalue weighted by Gasteiger charge is 2.20. The van der Waals surface area contributed by atoms with Crippen molar-refractivity contribution in [3.05, 3.63) is 29.3 Å². The Hall–Kier alpha value is -1.16. The Bertz CT molecular complexity index is 421. The Morgan fingerprint density at radius 2 is 1.75 bits per heavy atom. The molecular weight excluding hydrogens is 260 g/mol. The first-order chi connectivity index (χ1) is 9.25. The number of halogens is 2. The van der Waals surface area contributed by atoms with E-state index in [4.69, 9.17) is 4.74 Å². The van der Waals surface area contributed by atoms with Gasteiger partial charge in [-0.25, -0.2) is 8.78 Å². The normalized spacial score (nSPS) is 12.0. The molecule has 0 aliphatic heterocycles. The molecule has 0 aliphatic carbocycles. The summed E-state index contributed by atoms with van der Waals surface area (Å²) in [5.74, 6) is -0.853. The van der Waals surface area contributed by atoms with Gasteiger partial charge in [-0.1, -0.05) is 27.7 Å². The highest BCUT2D eigenvalue weighted by molar-refractivity contribution is 5.30. The van der Waals surface area contributed by atoms with E-state index in [0.29, 0.717) is 18.9 Å². The van der Waals surface area contributed by atoms with E-state index in [0.717, 1.165) is 6.54 Å². The van der Waals surface area contributed by atoms with Crippen LogP contribution in [0.15, 0.2) is 12.1 Å². The monoisotopic (exact) mass is 285 g/mol. The molecule has 0 atom stereocenters. The molecule has 0 heterocycles. The molecule has 0 aromatic heterocycles. The zero-order valence-corrected chi connectivity index (χ0v) is 13.0. The van der Waals surface area contributed by atoms with E-state index < -0.39 is 11.6 Å². The first-order valence-electron chi connectivity index (χ1n) is 7.00. The van der Waals surface area contributed by atoms with E-state index in [9.17, 15) is 8.78 Å². The highest BCUT2D eigenvalue weighted by Crippen LogP contribution is 2.26. The lowest BCUT2D eigenvalue weighted by atomic mass is 9.85. The third kappa shape index (κ3) is 5.08. The summed E-state index contributed by atoms with van der Waals surface area (Å²) >= 11 is 0. The first-order valence-corrected chi connectivity index (χ1v) is 7.00. The lowest BCUT2D eigenvalue weighted by molar-refractivity contribution is 0.301. The fourth-order valence-corrected chi connectivity index (χ4v) is 1.97. The SMILES string of the molecule is COc1cc(F)c(CCC(C)(C)CNC(C)C)c(F)c1. The van der Waals surface area contributed by atoms with Crippen LogP contribution in [0.3, 0.4) is 0 Å². The van der Waals surface area contributed by atoms with Gasteiger partial charge in [0.25, 0.3) is 0 Å². The van der Waals surface area contributed by atoms with Crippen LogP contribution in [-0.4, -0.2) is 19.7 Å². The summed E-state index contributed by atoms with van der Waals surface area (Å²) in [6.45, 7) is 9.19. The van der Waals surface area contributed by atoms with E-state index in [1.165, 1.54) is 19.2 Å². The lowest BCUT2D eigenvalue weighted by Gasteiger charge is -2.26. The minimum atomic E-state index is -0.533. The van der Waals surface area contributed by atoms with Gasteiger partial charge in [-0.2, -0.15) is 0 Å². The van der Waals surface area contributed by atoms with Crippen molar-refractivity contribution in [2.45, 2.75) is 46.6 Å². The smallest absolute Gasteiger partial charge is 0.133 e. The number of rotatable bonds is 7. The Kier molecular flexibility index (Phi) is 5.93. The van der Waals surface area contributed by atoms with Gasteiger partial charge >= 0.3 is 0 Å². The summed E-state index contributed by atoms with van der Waals surface area (Å²) in [6, 6.07) is 2.87. The molecule has 20 heavy (non-hydrogen) atoms. The maximum atomic E-state index is 13.9. The number of methoxy groups -OCH3 is 1. The second-order valence-corrected chi connectivity index (χ2v) is 6.27. The molecule has 0 saturated carbocycles. The second kappa shape index (κ2) is 7.02. The summed E-state index contributed by atoms with van der Waals surface area (Å²) in [5, 5.41) is 3.36. The summed E-state index contributed by atoms with van der Waals surface area (Å²) in [7, 11) is 1.40. The van der Waals surface area contributed by atoms with Crippen LogP contribution in [0.5, 0.6) is 5.75 Å². The first kappa shape index (κ1) is 16.9. The van der Waals surface area contributed by atoms with E-state index in [1.54, 1.807) is 0 Å². The largest absolute Gasteiger partial charge is 0.497 e. The Morgan fingerprint density at radius 1 is 1.20 bits per heavy atom. The third-order valence-electron chi connectivity index (χ3n) is 3.39. The van der Waals surface area contributed by atoms with E-state index in [2.05, 4.69) is 33.0 Å². The predicted molar refractivity (Wildman–Crippen MR) is 78.2 cm³/mol. The van der Waals surface area contributed by atoms with Gasteiger partial charge in [0.2, 0.25) is 0 Å². The molecule has 1 rings (SSSR count). The van der Waals surface area contributed by atoms with Gasteiger partial charge < -0.3 is 10.1 Å². The second-order valence-electron chi connectivity index (χ2n) is 6.27. The van der Waals surface area contributed by atoms with Crippen LogP contribution in [0.25, 0.3) is 0 Å². The number of nitrogens with one attached hydrogen (secondary N) is 1. The summed E-state index contributed by atoms with van der Waals surface area (Å²) in [6.07, 6.45) is 1.10. The van der Waals surface area contributed by atoms with Crippen LogP contribution in [0.2, 0.25) is 0 Å². The molecule has 0 saturated heterocycles. The van der Waals surface area contributed by atoms with Gasteiger partial charge in [0.1, 0.15) is 17.4 Å². The van der Waals surface area contributed by atoms with Crippen LogP contribution in [0.4, 0.5) is 8.78 Å². The summed E-state index contributed by atoms with van der Waals surface area (Å²) in [5.41, 5.74) is 0.131. The minimum absolute atomic E-state index is 0.0108. The number of hydrogen-bond acceptors (Lipinski definition) is 2. The average Bonchev–Trinajstić information content (AvgIpc) is 2.35. The van der Waals surface area contributed by atoms with Gasteiger partial charge in [-0.3, -0.25) is 0 Å². The number of benzene rings is 1. The third-order valence-corrected chi connectivity index (χ3v) is 3.39. The fourth-order valence-electron chi connectivity index (χ4n) is 1.97. The quantitative estimate of drug-likeness (QED) is 0.819. The Balaban J connectivity index is 2.70. The van der Waals surface area contributed by atoms with Crippen LogP contribution in [-0.2, 0) is 6.42 Å². The fraction of sp³-hybridized carbons (Fsp3) is 0.625. The molecule has 4 heteroatoms. The topological polar surface area (TPSA) is 21.3 Å². The van der Waals surface area contributed by atoms with Crippen molar-refractivity contribution >= 4 is 0 Å². The molecule has 1 N–H and O–H groups in total. The molecule has 2 nitrogen and oxygen atoms in total. The van der Waals surface area contributed by atoms with Crippen LogP contribution in [0, 0.1) is 17.0 Å². The minimum Gasteiger partial charge on any atom is -0.497 e. The van der Waals surface area contributed by atoms with Crippen molar-refractivity contribution in [1.29, 1.82) is 0 Å². The van der Waals surface area contributed by atoms with Crippen molar-refractivity contribution in [2.24, 2.45) is 5.41 Å². The lowest BCUT2D eigenvalue weighted by Crippen LogP contribution is -2.34. The average molecular weight is 285 g/mol. The molecule has 0 aliphatic rings. The predicted octanol–water partition coefficient (Wildman–Crippen LogP) is 3.93. The summed E-state index contributed by atoms with van der Waals surface area (Å²) < 4.78 is 32.6. The standard InChI is InChI=1S/C16H25F2NO/c1-11(2)19-10-16(3,4)7-6-13-14(17)8-12(20-5)9-15(13)18/h8-9,11,19H,6-7,10H2,1-5H3. The van der Waals surface area contributed by atoms with Gasteiger partial charge in [-0.05, 0) is 18.3 Å². The van der Waals surface area contributed by atoms with Crippen molar-refractivity contribution in [2.75, 3.05) is 13.7 Å². The van der Waals surface area contributed by atoms with Crippen LogP contribution >= 0.6 is 0 Å². The zero-order valence-electron chi connectivity index (χ0n) is 13.0. The maximum Gasteiger partial charge on any atom is 0.133 e. The van der Waals surface area contributed by atoms with E-state index in [1.807, 2.05) is 0 Å². The van der Waals surface area contributed by atoms with Crippen molar-refractivity contribution < 1.29 is 13.5 Å². The van der Waals surface area contributed by atoms with Gasteiger partial charge in [-0.15, -0.1) is 0 Å². The Labute approximate surface area is 120 Å². The highest BCUT2D eigenvalue weighted by atomic mass is 19.1. The molecule has 0 unspecified atom stereocenters. The zero-order chi connectivity index (χ0) is 15.3. The molecule has 0 bridgehead atoms. The van der Waals surface area contributed by atoms with E-state index in [-0.39, 0.29) is 16.7 Å². The number of hydrogen-bond donors (Lipinski definition) is 1. The molecular formula is C16H25F2NO. The van der Waals surface area contributed by atoms with Crippen LogP contribution in [0.1, 0.15) is 39.7 Å². The van der Waals surface area contributed by atoms with Gasteiger partial charge in [0.05, 0.1) is 7.11 Å². The molecule has 1 aromatic carbocycles. The Morgan fingerprint density at radius 3 is 2.20 bits per heavy atom. The molecule has 1 aromatic rings. The number of ether oxygens (including phenoxy) is 1. The van der Waals surface area contributed by atoms with Crippen molar-refractivity contribution in [3.8, 4) is 5.75 Å².